The standard InChI is InChI=1S/C20H31N3O5S2/c1-3-22(4-2)29(25,26)18-7-5-17(6-8-18)20(24)21-15-16-11-13-23(14-12-16)30(27,28)19-9-10-19/h5-8,16,19H,3-4,9-15H2,1-2H3,(H,21,24). The molecule has 30 heavy (non-hydrogen) atoms. The van der Waals surface area contributed by atoms with Crippen molar-refractivity contribution in [3.63, 3.8) is 0 Å². The zero-order valence-corrected chi connectivity index (χ0v) is 19.2. The minimum absolute atomic E-state index is 0.173. The second-order valence-electron chi connectivity index (χ2n) is 7.91. The molecule has 0 atom stereocenters. The van der Waals surface area contributed by atoms with Crippen molar-refractivity contribution in [3.05, 3.63) is 29.8 Å². The van der Waals surface area contributed by atoms with Gasteiger partial charge in [-0.05, 0) is 55.9 Å². The van der Waals surface area contributed by atoms with Crippen LogP contribution >= 0.6 is 0 Å². The molecule has 0 radical (unpaired) electrons. The van der Waals surface area contributed by atoms with E-state index in [2.05, 4.69) is 5.32 Å². The van der Waals surface area contributed by atoms with Crippen molar-refractivity contribution >= 4 is 26.0 Å². The minimum atomic E-state index is -3.54. The fourth-order valence-corrected chi connectivity index (χ4v) is 7.11. The van der Waals surface area contributed by atoms with Gasteiger partial charge in [-0.1, -0.05) is 13.8 Å². The summed E-state index contributed by atoms with van der Waals surface area (Å²) >= 11 is 0. The van der Waals surface area contributed by atoms with Crippen LogP contribution in [0.4, 0.5) is 0 Å². The largest absolute Gasteiger partial charge is 0.352 e. The van der Waals surface area contributed by atoms with Gasteiger partial charge in [-0.2, -0.15) is 4.31 Å². The Morgan fingerprint density at radius 1 is 1.00 bits per heavy atom. The second kappa shape index (κ2) is 9.33. The van der Waals surface area contributed by atoms with E-state index in [1.165, 1.54) is 28.6 Å². The number of carbonyl (C=O) groups excluding carboxylic acids is 1. The highest BCUT2D eigenvalue weighted by Gasteiger charge is 2.41. The van der Waals surface area contributed by atoms with Crippen LogP contribution in [0.3, 0.4) is 0 Å². The van der Waals surface area contributed by atoms with E-state index in [1.807, 2.05) is 0 Å². The molecule has 168 valence electrons. The highest BCUT2D eigenvalue weighted by atomic mass is 32.2. The van der Waals surface area contributed by atoms with Gasteiger partial charge >= 0.3 is 0 Å². The number of rotatable bonds is 9. The highest BCUT2D eigenvalue weighted by Crippen LogP contribution is 2.33. The molecule has 0 aromatic heterocycles. The first-order valence-electron chi connectivity index (χ1n) is 10.6. The summed E-state index contributed by atoms with van der Waals surface area (Å²) in [6.45, 7) is 5.86. The SMILES string of the molecule is CCN(CC)S(=O)(=O)c1ccc(C(=O)NCC2CCN(S(=O)(=O)C3CC3)CC2)cc1. The van der Waals surface area contributed by atoms with Crippen LogP contribution in [-0.2, 0) is 20.0 Å². The van der Waals surface area contributed by atoms with E-state index < -0.39 is 20.0 Å². The summed E-state index contributed by atoms with van der Waals surface area (Å²) in [5, 5.41) is 2.72. The number of carbonyl (C=O) groups is 1. The van der Waals surface area contributed by atoms with Crippen molar-refractivity contribution in [2.45, 2.75) is 49.7 Å². The van der Waals surface area contributed by atoms with Gasteiger partial charge in [0.05, 0.1) is 10.1 Å². The smallest absolute Gasteiger partial charge is 0.251 e. The van der Waals surface area contributed by atoms with E-state index in [0.717, 1.165) is 25.7 Å². The van der Waals surface area contributed by atoms with Crippen molar-refractivity contribution in [2.75, 3.05) is 32.7 Å². The Labute approximate surface area is 179 Å². The molecule has 10 heteroatoms. The molecule has 8 nitrogen and oxygen atoms in total. The van der Waals surface area contributed by atoms with Crippen LogP contribution in [0.25, 0.3) is 0 Å². The molecule has 1 saturated carbocycles. The molecule has 3 rings (SSSR count). The Morgan fingerprint density at radius 3 is 2.07 bits per heavy atom. The third kappa shape index (κ3) is 5.04. The zero-order valence-electron chi connectivity index (χ0n) is 17.6. The Balaban J connectivity index is 1.51. The quantitative estimate of drug-likeness (QED) is 0.607. The first-order valence-corrected chi connectivity index (χ1v) is 13.5. The van der Waals surface area contributed by atoms with E-state index in [1.54, 1.807) is 18.2 Å². The lowest BCUT2D eigenvalue weighted by Crippen LogP contribution is -2.42. The van der Waals surface area contributed by atoms with Crippen molar-refractivity contribution < 1.29 is 21.6 Å². The number of hydrogen-bond donors (Lipinski definition) is 1. The maximum Gasteiger partial charge on any atom is 0.251 e. The molecule has 2 aliphatic rings. The van der Waals surface area contributed by atoms with Crippen LogP contribution in [0.15, 0.2) is 29.2 Å². The summed E-state index contributed by atoms with van der Waals surface area (Å²) in [6, 6.07) is 5.97. The van der Waals surface area contributed by atoms with Crippen LogP contribution in [0.2, 0.25) is 0 Å². The van der Waals surface area contributed by atoms with Crippen molar-refractivity contribution in [2.24, 2.45) is 5.92 Å². The first kappa shape index (κ1) is 23.2. The van der Waals surface area contributed by atoms with E-state index in [-0.39, 0.29) is 22.0 Å². The normalized spacial score (nSPS) is 19.2. The van der Waals surface area contributed by atoms with Gasteiger partial charge in [-0.15, -0.1) is 0 Å². The van der Waals surface area contributed by atoms with Crippen molar-refractivity contribution in [3.8, 4) is 0 Å². The van der Waals surface area contributed by atoms with Gasteiger partial charge in [0.15, 0.2) is 0 Å². The maximum atomic E-state index is 12.5. The van der Waals surface area contributed by atoms with E-state index in [4.69, 9.17) is 0 Å². The number of nitrogens with zero attached hydrogens (tertiary/aromatic N) is 2. The molecule has 0 bridgehead atoms. The number of nitrogens with one attached hydrogen (secondary N) is 1. The Morgan fingerprint density at radius 2 is 1.57 bits per heavy atom. The third-order valence-corrected chi connectivity index (χ3v) is 10.4. The first-order chi connectivity index (χ1) is 14.2. The molecule has 0 unspecified atom stereocenters. The molecule has 0 spiro atoms. The average molecular weight is 458 g/mol. The number of piperidine rings is 1. The topological polar surface area (TPSA) is 104 Å². The van der Waals surface area contributed by atoms with Gasteiger partial charge < -0.3 is 5.32 Å². The fourth-order valence-electron chi connectivity index (χ4n) is 3.77. The van der Waals surface area contributed by atoms with Crippen molar-refractivity contribution in [1.29, 1.82) is 0 Å². The van der Waals surface area contributed by atoms with Gasteiger partial charge in [-0.3, -0.25) is 4.79 Å². The summed E-state index contributed by atoms with van der Waals surface area (Å²) < 4.78 is 52.6. The van der Waals surface area contributed by atoms with Crippen LogP contribution in [0.5, 0.6) is 0 Å². The molecule has 1 amide bonds. The lowest BCUT2D eigenvalue weighted by Gasteiger charge is -2.31. The molecule has 1 aromatic rings. The van der Waals surface area contributed by atoms with E-state index in [0.29, 0.717) is 38.3 Å². The van der Waals surface area contributed by atoms with Crippen LogP contribution in [0, 0.1) is 5.92 Å². The van der Waals surface area contributed by atoms with Gasteiger partial charge in [-0.25, -0.2) is 21.1 Å². The number of benzene rings is 1. The lowest BCUT2D eigenvalue weighted by atomic mass is 9.98. The molecule has 1 saturated heterocycles. The molecule has 1 aliphatic carbocycles. The Kier molecular flexibility index (Phi) is 7.21. The molecule has 1 aliphatic heterocycles. The van der Waals surface area contributed by atoms with E-state index in [9.17, 15) is 21.6 Å². The summed E-state index contributed by atoms with van der Waals surface area (Å²) in [5.41, 5.74) is 0.405. The van der Waals surface area contributed by atoms with Crippen LogP contribution in [-0.4, -0.2) is 69.3 Å². The van der Waals surface area contributed by atoms with Gasteiger partial charge in [0.1, 0.15) is 0 Å². The summed E-state index contributed by atoms with van der Waals surface area (Å²) in [4.78, 5) is 12.6. The predicted octanol–water partition coefficient (Wildman–Crippen LogP) is 1.65. The number of amides is 1. The van der Waals surface area contributed by atoms with Gasteiger partial charge in [0.25, 0.3) is 5.91 Å². The van der Waals surface area contributed by atoms with E-state index >= 15 is 0 Å². The molecule has 1 N–H and O–H groups in total. The monoisotopic (exact) mass is 457 g/mol. The number of hydrogen-bond acceptors (Lipinski definition) is 5. The van der Waals surface area contributed by atoms with Gasteiger partial charge in [0.2, 0.25) is 20.0 Å². The summed E-state index contributed by atoms with van der Waals surface area (Å²) in [7, 11) is -6.66. The van der Waals surface area contributed by atoms with Crippen LogP contribution in [0.1, 0.15) is 49.9 Å². The summed E-state index contributed by atoms with van der Waals surface area (Å²) in [6.07, 6.45) is 3.00. The summed E-state index contributed by atoms with van der Waals surface area (Å²) in [5.74, 6) is -0.0169. The fraction of sp³-hybridized carbons (Fsp3) is 0.650. The predicted molar refractivity (Wildman–Crippen MR) is 115 cm³/mol. The lowest BCUT2D eigenvalue weighted by molar-refractivity contribution is 0.0941. The molecule has 1 aromatic carbocycles. The third-order valence-electron chi connectivity index (χ3n) is 5.89. The molecular formula is C20H31N3O5S2. The molecular weight excluding hydrogens is 426 g/mol. The Hall–Kier alpha value is -1.49. The molecule has 1 heterocycles. The Bertz CT molecular complexity index is 945. The average Bonchev–Trinajstić information content (AvgIpc) is 3.59. The number of sulfonamides is 2. The van der Waals surface area contributed by atoms with Gasteiger partial charge in [0, 0.05) is 38.3 Å². The van der Waals surface area contributed by atoms with Crippen LogP contribution < -0.4 is 5.32 Å². The second-order valence-corrected chi connectivity index (χ2v) is 12.1. The van der Waals surface area contributed by atoms with Crippen molar-refractivity contribution in [1.82, 2.24) is 13.9 Å². The maximum absolute atomic E-state index is 12.5. The zero-order chi connectivity index (χ0) is 21.9. The highest BCUT2D eigenvalue weighted by molar-refractivity contribution is 7.90. The molecule has 2 fully saturated rings. The minimum Gasteiger partial charge on any atom is -0.352 e.